The van der Waals surface area contributed by atoms with Crippen LogP contribution in [0.5, 0.6) is 0 Å². The molecule has 0 aromatic heterocycles. The Morgan fingerprint density at radius 2 is 2.30 bits per heavy atom. The molecule has 1 aromatic carbocycles. The Hall–Kier alpha value is -1.47. The maximum absolute atomic E-state index is 13.6. The summed E-state index contributed by atoms with van der Waals surface area (Å²) < 4.78 is 14.4. The standard InChI is InChI=1S/C13H15BrFN3O2/c1-17(7-9-6-10(14)2-3-11(9)15)8-12(19)18-5-4-16-13(18)20/h2-3,6H,4-5,7-8H2,1H3,(H,16,20). The first-order valence-corrected chi connectivity index (χ1v) is 6.97. The van der Waals surface area contributed by atoms with E-state index in [1.807, 2.05) is 0 Å². The Kier molecular flexibility index (Phi) is 4.72. The summed E-state index contributed by atoms with van der Waals surface area (Å²) in [6.07, 6.45) is 0. The van der Waals surface area contributed by atoms with Crippen molar-refractivity contribution in [2.24, 2.45) is 0 Å². The Morgan fingerprint density at radius 3 is 2.95 bits per heavy atom. The predicted molar refractivity (Wildman–Crippen MR) is 75.5 cm³/mol. The van der Waals surface area contributed by atoms with Crippen LogP contribution >= 0.6 is 15.9 Å². The summed E-state index contributed by atoms with van der Waals surface area (Å²) in [4.78, 5) is 26.1. The number of amides is 3. The molecular weight excluding hydrogens is 329 g/mol. The average molecular weight is 344 g/mol. The van der Waals surface area contributed by atoms with Crippen molar-refractivity contribution < 1.29 is 14.0 Å². The van der Waals surface area contributed by atoms with Gasteiger partial charge in [-0.1, -0.05) is 15.9 Å². The summed E-state index contributed by atoms with van der Waals surface area (Å²) in [5, 5.41) is 2.57. The molecule has 0 atom stereocenters. The number of nitrogens with one attached hydrogen (secondary N) is 1. The van der Waals surface area contributed by atoms with Gasteiger partial charge in [0.1, 0.15) is 5.82 Å². The lowest BCUT2D eigenvalue weighted by Crippen LogP contribution is -2.40. The van der Waals surface area contributed by atoms with Crippen molar-refractivity contribution in [1.29, 1.82) is 0 Å². The third-order valence-corrected chi connectivity index (χ3v) is 3.50. The van der Waals surface area contributed by atoms with E-state index < -0.39 is 0 Å². The summed E-state index contributed by atoms with van der Waals surface area (Å²) in [5.41, 5.74) is 0.501. The van der Waals surface area contributed by atoms with Gasteiger partial charge in [-0.15, -0.1) is 0 Å². The van der Waals surface area contributed by atoms with Crippen molar-refractivity contribution >= 4 is 27.9 Å². The topological polar surface area (TPSA) is 52.7 Å². The zero-order chi connectivity index (χ0) is 14.7. The zero-order valence-corrected chi connectivity index (χ0v) is 12.6. The zero-order valence-electron chi connectivity index (χ0n) is 11.0. The molecule has 1 N–H and O–H groups in total. The summed E-state index contributed by atoms with van der Waals surface area (Å²) >= 11 is 3.29. The molecule has 0 spiro atoms. The minimum absolute atomic E-state index is 0.0688. The second-order valence-corrected chi connectivity index (χ2v) is 5.60. The number of carbonyl (C=O) groups excluding carboxylic acids is 2. The highest BCUT2D eigenvalue weighted by Crippen LogP contribution is 2.16. The number of rotatable bonds is 4. The maximum atomic E-state index is 13.6. The molecule has 7 heteroatoms. The number of nitrogens with zero attached hydrogens (tertiary/aromatic N) is 2. The molecule has 1 aliphatic rings. The number of urea groups is 1. The van der Waals surface area contributed by atoms with Crippen LogP contribution in [-0.4, -0.2) is 48.4 Å². The number of carbonyl (C=O) groups is 2. The van der Waals surface area contributed by atoms with Crippen LogP contribution < -0.4 is 5.32 Å². The van der Waals surface area contributed by atoms with Crippen molar-refractivity contribution in [3.63, 3.8) is 0 Å². The monoisotopic (exact) mass is 343 g/mol. The largest absolute Gasteiger partial charge is 0.336 e. The van der Waals surface area contributed by atoms with Crippen LogP contribution in [0, 0.1) is 5.82 Å². The van der Waals surface area contributed by atoms with E-state index in [1.165, 1.54) is 11.0 Å². The van der Waals surface area contributed by atoms with E-state index in [0.717, 1.165) is 4.47 Å². The first-order valence-electron chi connectivity index (χ1n) is 6.18. The predicted octanol–water partition coefficient (Wildman–Crippen LogP) is 1.57. The van der Waals surface area contributed by atoms with Gasteiger partial charge in [-0.05, 0) is 25.2 Å². The average Bonchev–Trinajstić information content (AvgIpc) is 2.80. The summed E-state index contributed by atoms with van der Waals surface area (Å²) in [7, 11) is 1.71. The number of benzene rings is 1. The second kappa shape index (κ2) is 6.32. The van der Waals surface area contributed by atoms with Gasteiger partial charge < -0.3 is 5.32 Å². The molecule has 2 rings (SSSR count). The van der Waals surface area contributed by atoms with Crippen LogP contribution in [0.15, 0.2) is 22.7 Å². The number of hydrogen-bond donors (Lipinski definition) is 1. The molecule has 0 saturated carbocycles. The minimum atomic E-state index is -0.364. The third-order valence-electron chi connectivity index (χ3n) is 3.01. The summed E-state index contributed by atoms with van der Waals surface area (Å²) in [5.74, 6) is -0.593. The van der Waals surface area contributed by atoms with E-state index >= 15 is 0 Å². The Balaban J connectivity index is 1.95. The first-order chi connectivity index (χ1) is 9.47. The number of imide groups is 1. The molecule has 0 bridgehead atoms. The van der Waals surface area contributed by atoms with Crippen LogP contribution in [0.4, 0.5) is 9.18 Å². The molecule has 1 heterocycles. The lowest BCUT2D eigenvalue weighted by Gasteiger charge is -2.19. The number of hydrogen-bond acceptors (Lipinski definition) is 3. The SMILES string of the molecule is CN(CC(=O)N1CCNC1=O)Cc1cc(Br)ccc1F. The lowest BCUT2D eigenvalue weighted by molar-refractivity contribution is -0.128. The minimum Gasteiger partial charge on any atom is -0.336 e. The molecule has 5 nitrogen and oxygen atoms in total. The highest BCUT2D eigenvalue weighted by molar-refractivity contribution is 9.10. The van der Waals surface area contributed by atoms with Gasteiger partial charge in [-0.25, -0.2) is 9.18 Å². The van der Waals surface area contributed by atoms with E-state index in [-0.39, 0.29) is 24.3 Å². The van der Waals surface area contributed by atoms with Crippen LogP contribution in [0.25, 0.3) is 0 Å². The molecule has 0 radical (unpaired) electrons. The lowest BCUT2D eigenvalue weighted by atomic mass is 10.2. The Labute approximate surface area is 124 Å². The van der Waals surface area contributed by atoms with E-state index in [9.17, 15) is 14.0 Å². The van der Waals surface area contributed by atoms with E-state index in [4.69, 9.17) is 0 Å². The van der Waals surface area contributed by atoms with Gasteiger partial charge >= 0.3 is 6.03 Å². The number of halogens is 2. The molecule has 108 valence electrons. The summed E-state index contributed by atoms with van der Waals surface area (Å²) in [6.45, 7) is 1.23. The fourth-order valence-electron chi connectivity index (χ4n) is 2.04. The Bertz CT molecular complexity index is 538. The molecule has 1 fully saturated rings. The van der Waals surface area contributed by atoms with Crippen molar-refractivity contribution in [1.82, 2.24) is 15.1 Å². The van der Waals surface area contributed by atoms with E-state index in [2.05, 4.69) is 21.2 Å². The molecule has 1 aliphatic heterocycles. The van der Waals surface area contributed by atoms with Crippen LogP contribution in [0.3, 0.4) is 0 Å². The van der Waals surface area contributed by atoms with Crippen LogP contribution in [0.2, 0.25) is 0 Å². The molecule has 0 aliphatic carbocycles. The maximum Gasteiger partial charge on any atom is 0.324 e. The van der Waals surface area contributed by atoms with Gasteiger partial charge in [0.05, 0.1) is 6.54 Å². The van der Waals surface area contributed by atoms with Crippen molar-refractivity contribution in [2.75, 3.05) is 26.7 Å². The highest BCUT2D eigenvalue weighted by Gasteiger charge is 2.26. The van der Waals surface area contributed by atoms with Crippen LogP contribution in [-0.2, 0) is 11.3 Å². The molecule has 20 heavy (non-hydrogen) atoms. The molecular formula is C13H15BrFN3O2. The highest BCUT2D eigenvalue weighted by atomic mass is 79.9. The molecule has 3 amide bonds. The van der Waals surface area contributed by atoms with Crippen LogP contribution in [0.1, 0.15) is 5.56 Å². The Morgan fingerprint density at radius 1 is 1.55 bits per heavy atom. The quantitative estimate of drug-likeness (QED) is 0.902. The van der Waals surface area contributed by atoms with Gasteiger partial charge in [-0.3, -0.25) is 14.6 Å². The third kappa shape index (κ3) is 3.55. The van der Waals surface area contributed by atoms with E-state index in [0.29, 0.717) is 25.2 Å². The molecule has 1 aromatic rings. The summed E-state index contributed by atoms with van der Waals surface area (Å²) in [6, 6.07) is 4.32. The van der Waals surface area contributed by atoms with Crippen molar-refractivity contribution in [2.45, 2.75) is 6.54 Å². The molecule has 0 unspecified atom stereocenters. The first kappa shape index (κ1) is 14.9. The van der Waals surface area contributed by atoms with Gasteiger partial charge in [0.15, 0.2) is 0 Å². The second-order valence-electron chi connectivity index (χ2n) is 4.69. The molecule has 1 saturated heterocycles. The fourth-order valence-corrected chi connectivity index (χ4v) is 2.45. The smallest absolute Gasteiger partial charge is 0.324 e. The van der Waals surface area contributed by atoms with Gasteiger partial charge in [0.25, 0.3) is 0 Å². The van der Waals surface area contributed by atoms with Gasteiger partial charge in [0.2, 0.25) is 5.91 Å². The van der Waals surface area contributed by atoms with Crippen molar-refractivity contribution in [3.05, 3.63) is 34.1 Å². The van der Waals surface area contributed by atoms with Gasteiger partial charge in [-0.2, -0.15) is 0 Å². The number of likely N-dealkylation sites (N-methyl/N-ethyl adjacent to an activating group) is 1. The van der Waals surface area contributed by atoms with Gasteiger partial charge in [0, 0.05) is 29.7 Å². The van der Waals surface area contributed by atoms with E-state index in [1.54, 1.807) is 24.1 Å². The fraction of sp³-hybridized carbons (Fsp3) is 0.385. The van der Waals surface area contributed by atoms with Crippen molar-refractivity contribution in [3.8, 4) is 0 Å². The normalized spacial score (nSPS) is 14.8.